The smallest absolute Gasteiger partial charge is 0.241 e. The van der Waals surface area contributed by atoms with Gasteiger partial charge in [0.05, 0.1) is 4.90 Å². The van der Waals surface area contributed by atoms with Gasteiger partial charge in [-0.2, -0.15) is 0 Å². The second-order valence-corrected chi connectivity index (χ2v) is 7.60. The van der Waals surface area contributed by atoms with E-state index in [1.54, 1.807) is 13.8 Å². The fraction of sp³-hybridized carbons (Fsp3) is 0.294. The molecule has 3 rings (SSSR count). The van der Waals surface area contributed by atoms with E-state index in [9.17, 15) is 12.8 Å². The average molecular weight is 334 g/mol. The highest BCUT2D eigenvalue weighted by Gasteiger charge is 2.20. The van der Waals surface area contributed by atoms with Gasteiger partial charge in [0.15, 0.2) is 0 Å². The molecule has 0 aliphatic carbocycles. The molecule has 23 heavy (non-hydrogen) atoms. The van der Waals surface area contributed by atoms with Crippen molar-refractivity contribution >= 4 is 10.0 Å². The van der Waals surface area contributed by atoms with Crippen LogP contribution < -0.4 is 10.0 Å². The highest BCUT2D eigenvalue weighted by molar-refractivity contribution is 7.89. The Kier molecular flexibility index (Phi) is 4.23. The van der Waals surface area contributed by atoms with E-state index in [0.717, 1.165) is 18.7 Å². The molecule has 1 aliphatic rings. The molecule has 1 aliphatic heterocycles. The summed E-state index contributed by atoms with van der Waals surface area (Å²) >= 11 is 0. The molecule has 6 heteroatoms. The largest absolute Gasteiger partial charge is 0.309 e. The molecule has 0 atom stereocenters. The number of fused-ring (bicyclic) bond motifs is 1. The van der Waals surface area contributed by atoms with Gasteiger partial charge in [0.1, 0.15) is 5.82 Å². The lowest BCUT2D eigenvalue weighted by Crippen LogP contribution is -2.25. The van der Waals surface area contributed by atoms with E-state index >= 15 is 0 Å². The molecule has 2 aromatic rings. The molecule has 0 amide bonds. The van der Waals surface area contributed by atoms with Gasteiger partial charge in [-0.15, -0.1) is 0 Å². The van der Waals surface area contributed by atoms with Crippen molar-refractivity contribution in [1.29, 1.82) is 0 Å². The van der Waals surface area contributed by atoms with Crippen molar-refractivity contribution in [2.75, 3.05) is 0 Å². The van der Waals surface area contributed by atoms with Crippen molar-refractivity contribution in [2.24, 2.45) is 0 Å². The highest BCUT2D eigenvalue weighted by Crippen LogP contribution is 2.22. The number of halogens is 1. The molecule has 1 heterocycles. The van der Waals surface area contributed by atoms with Crippen molar-refractivity contribution < 1.29 is 12.8 Å². The minimum absolute atomic E-state index is 0.154. The van der Waals surface area contributed by atoms with E-state index in [0.29, 0.717) is 11.1 Å². The Morgan fingerprint density at radius 3 is 2.43 bits per heavy atom. The number of aryl methyl sites for hydroxylation is 2. The third-order valence-electron chi connectivity index (χ3n) is 4.06. The summed E-state index contributed by atoms with van der Waals surface area (Å²) in [6, 6.07) is 8.44. The van der Waals surface area contributed by atoms with Gasteiger partial charge in [-0.25, -0.2) is 17.5 Å². The molecule has 0 radical (unpaired) electrons. The Bertz CT molecular complexity index is 840. The molecule has 0 saturated heterocycles. The highest BCUT2D eigenvalue weighted by atomic mass is 32.2. The molecule has 0 aromatic heterocycles. The van der Waals surface area contributed by atoms with Crippen molar-refractivity contribution in [3.8, 4) is 0 Å². The zero-order valence-corrected chi connectivity index (χ0v) is 13.9. The van der Waals surface area contributed by atoms with E-state index in [-0.39, 0.29) is 11.4 Å². The summed E-state index contributed by atoms with van der Waals surface area (Å²) in [4.78, 5) is 0.154. The number of nitrogens with one attached hydrogen (secondary N) is 2. The van der Waals surface area contributed by atoms with Crippen LogP contribution >= 0.6 is 0 Å². The molecular formula is C17H19FN2O2S. The Balaban J connectivity index is 1.82. The van der Waals surface area contributed by atoms with Crippen LogP contribution in [-0.2, 0) is 29.7 Å². The summed E-state index contributed by atoms with van der Waals surface area (Å²) in [7, 11) is -3.68. The summed E-state index contributed by atoms with van der Waals surface area (Å²) < 4.78 is 41.1. The number of hydrogen-bond donors (Lipinski definition) is 2. The van der Waals surface area contributed by atoms with Crippen molar-refractivity contribution in [3.05, 3.63) is 64.0 Å². The van der Waals surface area contributed by atoms with Gasteiger partial charge in [0.2, 0.25) is 10.0 Å². The summed E-state index contributed by atoms with van der Waals surface area (Å²) in [6.45, 7) is 5.09. The first kappa shape index (κ1) is 16.1. The SMILES string of the molecule is Cc1cc(F)cc(C)c1S(=O)(=O)NCc1ccc2c(c1)CNC2. The first-order valence-corrected chi connectivity index (χ1v) is 8.93. The van der Waals surface area contributed by atoms with Crippen LogP contribution in [0.2, 0.25) is 0 Å². The summed E-state index contributed by atoms with van der Waals surface area (Å²) in [6.07, 6.45) is 0. The van der Waals surface area contributed by atoms with Gasteiger partial charge < -0.3 is 5.32 Å². The van der Waals surface area contributed by atoms with Crippen LogP contribution in [0.4, 0.5) is 4.39 Å². The molecule has 0 bridgehead atoms. The second kappa shape index (κ2) is 6.03. The predicted octanol–water partition coefficient (Wildman–Crippen LogP) is 2.52. The van der Waals surface area contributed by atoms with E-state index in [4.69, 9.17) is 0 Å². The first-order valence-electron chi connectivity index (χ1n) is 7.44. The van der Waals surface area contributed by atoms with Crippen molar-refractivity contribution in [1.82, 2.24) is 10.0 Å². The van der Waals surface area contributed by atoms with Gasteiger partial charge in [0, 0.05) is 19.6 Å². The van der Waals surface area contributed by atoms with Crippen LogP contribution in [0, 0.1) is 19.7 Å². The van der Waals surface area contributed by atoms with Gasteiger partial charge in [-0.3, -0.25) is 0 Å². The predicted molar refractivity (Wildman–Crippen MR) is 86.9 cm³/mol. The lowest BCUT2D eigenvalue weighted by atomic mass is 10.1. The van der Waals surface area contributed by atoms with Gasteiger partial charge in [-0.1, -0.05) is 18.2 Å². The third-order valence-corrected chi connectivity index (χ3v) is 5.77. The van der Waals surface area contributed by atoms with Gasteiger partial charge in [0.25, 0.3) is 0 Å². The number of sulfonamides is 1. The maximum absolute atomic E-state index is 13.4. The standard InChI is InChI=1S/C17H19FN2O2S/c1-11-5-16(18)6-12(2)17(11)23(21,22)20-8-13-3-4-14-9-19-10-15(14)7-13/h3-7,19-20H,8-10H2,1-2H3. The fourth-order valence-electron chi connectivity index (χ4n) is 3.03. The molecule has 0 saturated carbocycles. The van der Waals surface area contributed by atoms with E-state index in [1.165, 1.54) is 23.3 Å². The second-order valence-electron chi connectivity index (χ2n) is 5.90. The molecule has 0 spiro atoms. The maximum Gasteiger partial charge on any atom is 0.241 e. The Morgan fingerprint density at radius 1 is 1.09 bits per heavy atom. The Morgan fingerprint density at radius 2 is 1.74 bits per heavy atom. The van der Waals surface area contributed by atoms with Crippen LogP contribution in [0.3, 0.4) is 0 Å². The van der Waals surface area contributed by atoms with Crippen molar-refractivity contribution in [2.45, 2.75) is 38.4 Å². The Hall–Kier alpha value is -1.76. The minimum atomic E-state index is -3.68. The van der Waals surface area contributed by atoms with Gasteiger partial charge >= 0.3 is 0 Å². The van der Waals surface area contributed by atoms with Crippen molar-refractivity contribution in [3.63, 3.8) is 0 Å². The minimum Gasteiger partial charge on any atom is -0.309 e. The number of rotatable bonds is 4. The molecule has 2 N–H and O–H groups in total. The van der Waals surface area contributed by atoms with Gasteiger partial charge in [-0.05, 0) is 53.8 Å². The monoisotopic (exact) mass is 334 g/mol. The quantitative estimate of drug-likeness (QED) is 0.903. The number of benzene rings is 2. The Labute approximate surface area is 135 Å². The van der Waals surface area contributed by atoms with Crippen LogP contribution in [0.5, 0.6) is 0 Å². The van der Waals surface area contributed by atoms with Crippen LogP contribution in [0.1, 0.15) is 27.8 Å². The topological polar surface area (TPSA) is 58.2 Å². The summed E-state index contributed by atoms with van der Waals surface area (Å²) in [5.74, 6) is -0.426. The zero-order chi connectivity index (χ0) is 16.6. The van der Waals surface area contributed by atoms with Crippen LogP contribution in [0.15, 0.2) is 35.2 Å². The maximum atomic E-state index is 13.4. The molecule has 2 aromatic carbocycles. The molecule has 4 nitrogen and oxygen atoms in total. The van der Waals surface area contributed by atoms with E-state index in [2.05, 4.69) is 10.0 Å². The molecular weight excluding hydrogens is 315 g/mol. The first-order chi connectivity index (χ1) is 10.9. The molecule has 0 fully saturated rings. The average Bonchev–Trinajstić information content (AvgIpc) is 2.91. The normalized spacial score (nSPS) is 14.0. The van der Waals surface area contributed by atoms with Crippen LogP contribution in [0.25, 0.3) is 0 Å². The fourth-order valence-corrected chi connectivity index (χ4v) is 4.50. The zero-order valence-electron chi connectivity index (χ0n) is 13.1. The summed E-state index contributed by atoms with van der Waals surface area (Å²) in [5.41, 5.74) is 4.19. The van der Waals surface area contributed by atoms with E-state index < -0.39 is 15.8 Å². The summed E-state index contributed by atoms with van der Waals surface area (Å²) in [5, 5.41) is 3.26. The molecule has 122 valence electrons. The van der Waals surface area contributed by atoms with Crippen LogP contribution in [-0.4, -0.2) is 8.42 Å². The van der Waals surface area contributed by atoms with E-state index in [1.807, 2.05) is 18.2 Å². The third kappa shape index (κ3) is 3.29. The molecule has 0 unspecified atom stereocenters. The lowest BCUT2D eigenvalue weighted by Gasteiger charge is -2.13. The number of hydrogen-bond acceptors (Lipinski definition) is 3. The lowest BCUT2D eigenvalue weighted by molar-refractivity contribution is 0.578.